The van der Waals surface area contributed by atoms with Gasteiger partial charge in [0.2, 0.25) is 0 Å². The Morgan fingerprint density at radius 3 is 2.72 bits per heavy atom. The van der Waals surface area contributed by atoms with Crippen LogP contribution in [0.5, 0.6) is 0 Å². The van der Waals surface area contributed by atoms with E-state index < -0.39 is 12.0 Å². The Balaban J connectivity index is 1.96. The number of benzene rings is 2. The van der Waals surface area contributed by atoms with Gasteiger partial charge in [-0.2, -0.15) is 0 Å². The number of carbonyl (C=O) groups is 1. The Bertz CT molecular complexity index is 1180. The number of thiophene rings is 1. The van der Waals surface area contributed by atoms with Gasteiger partial charge in [-0.3, -0.25) is 9.36 Å². The summed E-state index contributed by atoms with van der Waals surface area (Å²) in [5.74, 6) is -1.06. The number of hydrogen-bond donors (Lipinski definition) is 1. The van der Waals surface area contributed by atoms with Gasteiger partial charge < -0.3 is 5.11 Å². The van der Waals surface area contributed by atoms with E-state index in [-0.39, 0.29) is 5.56 Å². The molecule has 2 aromatic carbocycles. The molecule has 1 N–H and O–H groups in total. The van der Waals surface area contributed by atoms with Crippen LogP contribution in [-0.4, -0.2) is 20.6 Å². The molecule has 6 heteroatoms. The van der Waals surface area contributed by atoms with Crippen molar-refractivity contribution in [1.29, 1.82) is 0 Å². The molecule has 4 rings (SSSR count). The third-order valence-electron chi connectivity index (χ3n) is 4.35. The molecule has 0 aliphatic rings. The predicted octanol–water partition coefficient (Wildman–Crippen LogP) is 3.92. The number of aliphatic carboxylic acids is 1. The van der Waals surface area contributed by atoms with Crippen LogP contribution >= 0.6 is 11.3 Å². The zero-order valence-electron chi connectivity index (χ0n) is 13.3. The molecule has 0 saturated carbocycles. The van der Waals surface area contributed by atoms with Crippen molar-refractivity contribution in [2.45, 2.75) is 13.0 Å². The van der Waals surface area contributed by atoms with Gasteiger partial charge in [0.05, 0.1) is 11.7 Å². The molecule has 0 saturated heterocycles. The average Bonchev–Trinajstić information content (AvgIpc) is 3.06. The SMILES string of the molecule is CC(C(=O)O)n1cnc2scc(-c3ccc4ccccc4c3)c2c1=O. The Labute approximate surface area is 146 Å². The first-order valence-corrected chi connectivity index (χ1v) is 8.64. The van der Waals surface area contributed by atoms with E-state index in [0.717, 1.165) is 21.9 Å². The highest BCUT2D eigenvalue weighted by Gasteiger charge is 2.19. The zero-order valence-corrected chi connectivity index (χ0v) is 14.2. The van der Waals surface area contributed by atoms with Crippen molar-refractivity contribution >= 4 is 38.3 Å². The van der Waals surface area contributed by atoms with Gasteiger partial charge in [-0.05, 0) is 29.3 Å². The lowest BCUT2D eigenvalue weighted by Crippen LogP contribution is -2.28. The molecule has 1 unspecified atom stereocenters. The molecule has 0 radical (unpaired) electrons. The quantitative estimate of drug-likeness (QED) is 0.608. The van der Waals surface area contributed by atoms with Crippen molar-refractivity contribution in [2.75, 3.05) is 0 Å². The second-order valence-corrected chi connectivity index (χ2v) is 6.72. The summed E-state index contributed by atoms with van der Waals surface area (Å²) in [5.41, 5.74) is 1.38. The number of carboxylic acid groups (broad SMARTS) is 1. The number of hydrogen-bond acceptors (Lipinski definition) is 4. The van der Waals surface area contributed by atoms with Crippen LogP contribution in [0.2, 0.25) is 0 Å². The number of aromatic nitrogens is 2. The van der Waals surface area contributed by atoms with Gasteiger partial charge in [0, 0.05) is 10.9 Å². The van der Waals surface area contributed by atoms with Crippen LogP contribution in [0, 0.1) is 0 Å². The third-order valence-corrected chi connectivity index (χ3v) is 5.24. The Kier molecular flexibility index (Phi) is 3.62. The molecule has 124 valence electrons. The second-order valence-electron chi connectivity index (χ2n) is 5.86. The van der Waals surface area contributed by atoms with Gasteiger partial charge in [-0.1, -0.05) is 36.4 Å². The third kappa shape index (κ3) is 2.51. The summed E-state index contributed by atoms with van der Waals surface area (Å²) in [6.07, 6.45) is 1.31. The van der Waals surface area contributed by atoms with Crippen molar-refractivity contribution in [3.8, 4) is 11.1 Å². The number of nitrogens with zero attached hydrogens (tertiary/aromatic N) is 2. The highest BCUT2D eigenvalue weighted by molar-refractivity contribution is 7.17. The van der Waals surface area contributed by atoms with Crippen LogP contribution < -0.4 is 5.56 Å². The molecule has 4 aromatic rings. The number of carboxylic acids is 1. The summed E-state index contributed by atoms with van der Waals surface area (Å²) in [6.45, 7) is 1.47. The topological polar surface area (TPSA) is 72.2 Å². The van der Waals surface area contributed by atoms with Crippen molar-refractivity contribution in [2.24, 2.45) is 0 Å². The van der Waals surface area contributed by atoms with E-state index in [1.807, 2.05) is 47.8 Å². The highest BCUT2D eigenvalue weighted by atomic mass is 32.1. The first-order valence-electron chi connectivity index (χ1n) is 7.76. The Morgan fingerprint density at radius 2 is 1.96 bits per heavy atom. The fourth-order valence-electron chi connectivity index (χ4n) is 2.91. The van der Waals surface area contributed by atoms with Gasteiger partial charge in [0.1, 0.15) is 10.9 Å². The molecular weight excluding hydrogens is 336 g/mol. The van der Waals surface area contributed by atoms with Crippen molar-refractivity contribution in [1.82, 2.24) is 9.55 Å². The van der Waals surface area contributed by atoms with Gasteiger partial charge >= 0.3 is 5.97 Å². The zero-order chi connectivity index (χ0) is 17.6. The van der Waals surface area contributed by atoms with Gasteiger partial charge in [0.25, 0.3) is 5.56 Å². The van der Waals surface area contributed by atoms with E-state index in [4.69, 9.17) is 0 Å². The van der Waals surface area contributed by atoms with Crippen LogP contribution in [0.15, 0.2) is 59.0 Å². The van der Waals surface area contributed by atoms with Gasteiger partial charge in [-0.25, -0.2) is 9.78 Å². The fourth-order valence-corrected chi connectivity index (χ4v) is 3.82. The maximum absolute atomic E-state index is 12.9. The molecule has 1 atom stereocenters. The molecule has 0 bridgehead atoms. The lowest BCUT2D eigenvalue weighted by Gasteiger charge is -2.10. The standard InChI is InChI=1S/C19H14N2O3S/c1-11(19(23)24)21-10-20-17-16(18(21)22)15(9-25-17)14-7-6-12-4-2-3-5-13(12)8-14/h2-11H,1H3,(H,23,24). The molecule has 0 fully saturated rings. The molecular formula is C19H14N2O3S. The lowest BCUT2D eigenvalue weighted by atomic mass is 10.0. The molecule has 2 aromatic heterocycles. The van der Waals surface area contributed by atoms with Crippen molar-refractivity contribution in [3.05, 3.63) is 64.5 Å². The number of fused-ring (bicyclic) bond motifs is 2. The Hall–Kier alpha value is -2.99. The van der Waals surface area contributed by atoms with E-state index in [9.17, 15) is 14.7 Å². The first kappa shape index (κ1) is 15.5. The summed E-state index contributed by atoms with van der Waals surface area (Å²) < 4.78 is 1.17. The summed E-state index contributed by atoms with van der Waals surface area (Å²) in [6, 6.07) is 13.1. The summed E-state index contributed by atoms with van der Waals surface area (Å²) >= 11 is 1.39. The molecule has 5 nitrogen and oxygen atoms in total. The fraction of sp³-hybridized carbons (Fsp3) is 0.105. The minimum atomic E-state index is -1.06. The average molecular weight is 350 g/mol. The predicted molar refractivity (Wildman–Crippen MR) is 99.2 cm³/mol. The van der Waals surface area contributed by atoms with Gasteiger partial charge in [0.15, 0.2) is 0 Å². The lowest BCUT2D eigenvalue weighted by molar-refractivity contribution is -0.140. The summed E-state index contributed by atoms with van der Waals surface area (Å²) in [4.78, 5) is 29.0. The largest absolute Gasteiger partial charge is 0.480 e. The normalized spacial score (nSPS) is 12.5. The minimum Gasteiger partial charge on any atom is -0.480 e. The van der Waals surface area contributed by atoms with E-state index in [0.29, 0.717) is 10.2 Å². The maximum atomic E-state index is 12.9. The van der Waals surface area contributed by atoms with E-state index in [2.05, 4.69) is 4.98 Å². The second kappa shape index (κ2) is 5.82. The molecule has 0 spiro atoms. The monoisotopic (exact) mass is 350 g/mol. The summed E-state index contributed by atoms with van der Waals surface area (Å²) in [5, 5.41) is 13.8. The molecule has 0 amide bonds. The smallest absolute Gasteiger partial charge is 0.326 e. The molecule has 0 aliphatic heterocycles. The maximum Gasteiger partial charge on any atom is 0.326 e. The number of rotatable bonds is 3. The molecule has 0 aliphatic carbocycles. The first-order chi connectivity index (χ1) is 12.1. The van der Waals surface area contributed by atoms with Crippen LogP contribution in [-0.2, 0) is 4.79 Å². The highest BCUT2D eigenvalue weighted by Crippen LogP contribution is 2.32. The van der Waals surface area contributed by atoms with E-state index in [1.165, 1.54) is 29.2 Å². The Morgan fingerprint density at radius 1 is 1.20 bits per heavy atom. The van der Waals surface area contributed by atoms with Crippen LogP contribution in [0.1, 0.15) is 13.0 Å². The van der Waals surface area contributed by atoms with Crippen molar-refractivity contribution < 1.29 is 9.90 Å². The van der Waals surface area contributed by atoms with Crippen LogP contribution in [0.3, 0.4) is 0 Å². The van der Waals surface area contributed by atoms with E-state index >= 15 is 0 Å². The van der Waals surface area contributed by atoms with Crippen molar-refractivity contribution in [3.63, 3.8) is 0 Å². The van der Waals surface area contributed by atoms with Crippen LogP contribution in [0.4, 0.5) is 0 Å². The molecule has 25 heavy (non-hydrogen) atoms. The van der Waals surface area contributed by atoms with Gasteiger partial charge in [-0.15, -0.1) is 11.3 Å². The van der Waals surface area contributed by atoms with E-state index in [1.54, 1.807) is 0 Å². The minimum absolute atomic E-state index is 0.329. The van der Waals surface area contributed by atoms with Crippen LogP contribution in [0.25, 0.3) is 32.1 Å². The molecule has 2 heterocycles. The summed E-state index contributed by atoms with van der Waals surface area (Å²) in [7, 11) is 0.